The lowest BCUT2D eigenvalue weighted by Crippen LogP contribution is -2.59. The lowest BCUT2D eigenvalue weighted by atomic mass is 10.3. The number of rotatable bonds is 1. The van der Waals surface area contributed by atoms with Crippen LogP contribution in [-0.4, -0.2) is 4.92 Å². The summed E-state index contributed by atoms with van der Waals surface area (Å²) < 4.78 is 0. The number of benzene rings is 1. The molecular formula is C6H9N3O2S. The van der Waals surface area contributed by atoms with Crippen molar-refractivity contribution in [2.24, 2.45) is 5.84 Å². The molecule has 0 saturated heterocycles. The largest absolute Gasteiger partial charge is 0.780 e. The van der Waals surface area contributed by atoms with E-state index in [2.05, 4.69) is 11.7 Å². The first kappa shape index (κ1) is 10.8. The Morgan fingerprint density at radius 2 is 1.75 bits per heavy atom. The Kier molecular flexibility index (Phi) is 4.86. The fraction of sp³-hybridized carbons (Fsp3) is 0. The Labute approximate surface area is 74.9 Å². The minimum atomic E-state index is -0.450. The molecule has 66 valence electrons. The summed E-state index contributed by atoms with van der Waals surface area (Å²) in [5.41, 5.74) is 0.0774. The molecule has 0 atom stereocenters. The zero-order valence-corrected chi connectivity index (χ0v) is 7.08. The number of nitro benzene ring substituents is 1. The van der Waals surface area contributed by atoms with Crippen LogP contribution in [0, 0.1) is 10.1 Å². The van der Waals surface area contributed by atoms with E-state index in [0.717, 1.165) is 0 Å². The van der Waals surface area contributed by atoms with Crippen LogP contribution in [0.3, 0.4) is 0 Å². The summed E-state index contributed by atoms with van der Waals surface area (Å²) in [5.74, 6) is 7.00. The van der Waals surface area contributed by atoms with E-state index in [1.807, 2.05) is 0 Å². The van der Waals surface area contributed by atoms with Crippen molar-refractivity contribution in [3.63, 3.8) is 0 Å². The maximum Gasteiger partial charge on any atom is 0.269 e. The van der Waals surface area contributed by atoms with Gasteiger partial charge < -0.3 is 12.6 Å². The van der Waals surface area contributed by atoms with Crippen LogP contribution in [0.1, 0.15) is 0 Å². The summed E-state index contributed by atoms with van der Waals surface area (Å²) in [6.45, 7) is 0. The molecule has 6 heteroatoms. The van der Waals surface area contributed by atoms with E-state index in [-0.39, 0.29) is 5.69 Å². The van der Waals surface area contributed by atoms with Gasteiger partial charge >= 0.3 is 0 Å². The molecule has 0 radical (unpaired) electrons. The summed E-state index contributed by atoms with van der Waals surface area (Å²) in [6, 6.07) is 5.85. The Morgan fingerprint density at radius 1 is 1.33 bits per heavy atom. The lowest BCUT2D eigenvalue weighted by Gasteiger charge is -2.00. The van der Waals surface area contributed by atoms with Crippen molar-refractivity contribution in [3.8, 4) is 0 Å². The highest BCUT2D eigenvalue weighted by Crippen LogP contribution is 2.10. The van der Waals surface area contributed by atoms with Gasteiger partial charge in [-0.05, 0) is 0 Å². The zero-order chi connectivity index (χ0) is 9.56. The predicted octanol–water partition coefficient (Wildman–Crippen LogP) is -0.397. The number of hydrogen-bond acceptors (Lipinski definition) is 4. The first-order chi connectivity index (χ1) is 5.70. The minimum absolute atomic E-state index is 0.0774. The molecule has 0 aliphatic carbocycles. The third-order valence-corrected chi connectivity index (χ3v) is 1.32. The fourth-order valence-electron chi connectivity index (χ4n) is 0.568. The Hall–Kier alpha value is -1.24. The molecule has 5 N–H and O–H groups in total. The van der Waals surface area contributed by atoms with E-state index < -0.39 is 4.92 Å². The second-order valence-corrected chi connectivity index (χ2v) is 2.22. The third kappa shape index (κ3) is 3.24. The molecule has 0 aromatic heterocycles. The van der Waals surface area contributed by atoms with Crippen molar-refractivity contribution in [1.82, 2.24) is 0 Å². The number of nitrogens with zero attached hydrogens (tertiary/aromatic N) is 1. The van der Waals surface area contributed by atoms with Gasteiger partial charge in [-0.3, -0.25) is 16.0 Å². The lowest BCUT2D eigenvalue weighted by molar-refractivity contribution is -0.384. The van der Waals surface area contributed by atoms with Crippen LogP contribution >= 0.6 is 0 Å². The maximum absolute atomic E-state index is 10.1. The summed E-state index contributed by atoms with van der Waals surface area (Å²) >= 11 is 4.74. The molecule has 1 rings (SSSR count). The average molecular weight is 187 g/mol. The van der Waals surface area contributed by atoms with Crippen molar-refractivity contribution < 1.29 is 10.8 Å². The molecule has 0 aliphatic heterocycles. The van der Waals surface area contributed by atoms with Gasteiger partial charge in [0.15, 0.2) is 0 Å². The quantitative estimate of drug-likeness (QED) is 0.270. The SMILES string of the molecule is N[NH3+].O=[N+]([O-])c1ccc([S-])cc1. The molecule has 0 aliphatic rings. The molecule has 0 spiro atoms. The van der Waals surface area contributed by atoms with E-state index >= 15 is 0 Å². The predicted molar refractivity (Wildman–Crippen MR) is 45.8 cm³/mol. The first-order valence-electron chi connectivity index (χ1n) is 3.02. The van der Waals surface area contributed by atoms with Crippen LogP contribution in [0.15, 0.2) is 29.2 Å². The van der Waals surface area contributed by atoms with Crippen LogP contribution in [0.5, 0.6) is 0 Å². The second-order valence-electron chi connectivity index (χ2n) is 1.75. The molecule has 0 amide bonds. The molecule has 0 fully saturated rings. The molecule has 1 aromatic carbocycles. The van der Waals surface area contributed by atoms with Gasteiger partial charge in [0.2, 0.25) is 0 Å². The zero-order valence-electron chi connectivity index (χ0n) is 6.27. The molecule has 1 aromatic rings. The summed E-state index contributed by atoms with van der Waals surface area (Å²) in [6.07, 6.45) is 0. The van der Waals surface area contributed by atoms with E-state index in [1.54, 1.807) is 0 Å². The molecule has 12 heavy (non-hydrogen) atoms. The van der Waals surface area contributed by atoms with Gasteiger partial charge in [0.1, 0.15) is 0 Å². The molecule has 0 unspecified atom stereocenters. The van der Waals surface area contributed by atoms with Crippen LogP contribution in [0.4, 0.5) is 5.69 Å². The number of nitro groups is 1. The van der Waals surface area contributed by atoms with E-state index in [0.29, 0.717) is 4.90 Å². The van der Waals surface area contributed by atoms with E-state index in [1.165, 1.54) is 24.3 Å². The number of nitrogens with two attached hydrogens (primary N) is 1. The third-order valence-electron chi connectivity index (χ3n) is 1.05. The smallest absolute Gasteiger partial charge is 0.269 e. The highest BCUT2D eigenvalue weighted by atomic mass is 32.1. The highest BCUT2D eigenvalue weighted by molar-refractivity contribution is 7.58. The van der Waals surface area contributed by atoms with Crippen LogP contribution < -0.4 is 11.7 Å². The van der Waals surface area contributed by atoms with Crippen LogP contribution in [-0.2, 0) is 12.6 Å². The van der Waals surface area contributed by atoms with Crippen LogP contribution in [0.2, 0.25) is 0 Å². The van der Waals surface area contributed by atoms with Crippen LogP contribution in [0.25, 0.3) is 0 Å². The normalized spacial score (nSPS) is 8.17. The van der Waals surface area contributed by atoms with Crippen molar-refractivity contribution in [3.05, 3.63) is 34.4 Å². The average Bonchev–Trinajstić information content (AvgIpc) is 2.09. The van der Waals surface area contributed by atoms with Crippen molar-refractivity contribution in [2.45, 2.75) is 4.90 Å². The van der Waals surface area contributed by atoms with Gasteiger partial charge in [0.25, 0.3) is 5.69 Å². The molecule has 0 saturated carbocycles. The van der Waals surface area contributed by atoms with Crippen molar-refractivity contribution in [2.75, 3.05) is 0 Å². The van der Waals surface area contributed by atoms with E-state index in [9.17, 15) is 10.1 Å². The monoisotopic (exact) mass is 187 g/mol. The van der Waals surface area contributed by atoms with Gasteiger partial charge in [-0.15, -0.1) is 0 Å². The van der Waals surface area contributed by atoms with Gasteiger partial charge in [-0.1, -0.05) is 12.1 Å². The summed E-state index contributed by atoms with van der Waals surface area (Å²) in [4.78, 5) is 10.3. The van der Waals surface area contributed by atoms with E-state index in [4.69, 9.17) is 12.6 Å². The van der Waals surface area contributed by atoms with Gasteiger partial charge in [0.05, 0.1) is 4.92 Å². The molecular weight excluding hydrogens is 178 g/mol. The Bertz CT molecular complexity index is 249. The first-order valence-corrected chi connectivity index (χ1v) is 3.43. The molecule has 0 bridgehead atoms. The van der Waals surface area contributed by atoms with Gasteiger partial charge in [0, 0.05) is 12.1 Å². The number of quaternary nitrogens is 1. The molecule has 5 nitrogen and oxygen atoms in total. The fourth-order valence-corrected chi connectivity index (χ4v) is 0.704. The Balaban J connectivity index is 0.000000561. The highest BCUT2D eigenvalue weighted by Gasteiger charge is 1.99. The molecule has 0 heterocycles. The Morgan fingerprint density at radius 3 is 2.08 bits per heavy atom. The van der Waals surface area contributed by atoms with Gasteiger partial charge in [-0.25, -0.2) is 0 Å². The van der Waals surface area contributed by atoms with Gasteiger partial charge in [-0.2, -0.15) is 10.7 Å². The second kappa shape index (κ2) is 5.42. The van der Waals surface area contributed by atoms with Crippen molar-refractivity contribution >= 4 is 18.3 Å². The topological polar surface area (TPSA) is 96.8 Å². The number of hydrogen-bond donors (Lipinski definition) is 2. The minimum Gasteiger partial charge on any atom is -0.780 e. The summed E-state index contributed by atoms with van der Waals surface area (Å²) in [5, 5.41) is 10.1. The van der Waals surface area contributed by atoms with Crippen molar-refractivity contribution in [1.29, 1.82) is 0 Å². The standard InChI is InChI=1S/C6H5NO2S.H4N2/c8-7(9)5-1-3-6(10)4-2-5;1-2/h1-4,10H;1-2H2. The number of non-ortho nitro benzene ring substituents is 1. The summed E-state index contributed by atoms with van der Waals surface area (Å²) in [7, 11) is 0. The maximum atomic E-state index is 10.1.